The van der Waals surface area contributed by atoms with Crippen LogP contribution in [0.1, 0.15) is 92.9 Å². The molecule has 0 aromatic carbocycles. The summed E-state index contributed by atoms with van der Waals surface area (Å²) in [5.74, 6) is 1.11. The summed E-state index contributed by atoms with van der Waals surface area (Å²) in [6.07, 6.45) is 11.8. The zero-order valence-corrected chi connectivity index (χ0v) is 17.2. The number of nitrogens with zero attached hydrogens (tertiary/aromatic N) is 1. The number of ether oxygens (including phenoxy) is 1. The molecule has 2 unspecified atom stereocenters. The van der Waals surface area contributed by atoms with Gasteiger partial charge in [0, 0.05) is 17.6 Å². The molecule has 5 fully saturated rings. The highest BCUT2D eigenvalue weighted by Crippen LogP contribution is 2.58. The molecule has 3 aliphatic carbocycles. The summed E-state index contributed by atoms with van der Waals surface area (Å²) >= 11 is 0. The van der Waals surface area contributed by atoms with Crippen LogP contribution >= 0.6 is 0 Å². The van der Waals surface area contributed by atoms with Crippen LogP contribution in [0.25, 0.3) is 0 Å². The van der Waals surface area contributed by atoms with E-state index in [2.05, 4.69) is 46.4 Å². The van der Waals surface area contributed by atoms with Crippen LogP contribution in [0.15, 0.2) is 0 Å². The molecule has 3 saturated carbocycles. The lowest BCUT2D eigenvalue weighted by Crippen LogP contribution is -2.54. The average molecular weight is 336 g/mol. The number of morpholine rings is 1. The molecule has 5 rings (SSSR count). The lowest BCUT2D eigenvalue weighted by Gasteiger charge is -2.54. The first-order chi connectivity index (χ1) is 11.1. The van der Waals surface area contributed by atoms with Crippen LogP contribution in [-0.4, -0.2) is 35.7 Å². The van der Waals surface area contributed by atoms with Crippen molar-refractivity contribution in [3.63, 3.8) is 0 Å². The van der Waals surface area contributed by atoms with Crippen molar-refractivity contribution >= 4 is 0 Å². The highest BCUT2D eigenvalue weighted by Gasteiger charge is 2.47. The highest BCUT2D eigenvalue weighted by atomic mass is 16.5. The maximum absolute atomic E-state index is 5.54. The minimum Gasteiger partial charge on any atom is -0.378 e. The fraction of sp³-hybridized carbons (Fsp3) is 1.00. The molecule has 2 atom stereocenters. The third kappa shape index (κ3) is 3.56. The van der Waals surface area contributed by atoms with Crippen LogP contribution in [0, 0.1) is 16.7 Å². The van der Waals surface area contributed by atoms with E-state index in [1.54, 1.807) is 0 Å². The standard InChI is InChI=1S/C12H22.C10H19NO/c1-11(2,3)12-7-4-10(5-8-12)6-9-12;1-10(2,3)11-8-4-5-9(11)7-12-6-8/h10H,4-9H2,1-3H3;8-9H,4-7H2,1-3H3. The van der Waals surface area contributed by atoms with E-state index >= 15 is 0 Å². The summed E-state index contributed by atoms with van der Waals surface area (Å²) in [5.41, 5.74) is 1.61. The van der Waals surface area contributed by atoms with Gasteiger partial charge in [-0.1, -0.05) is 20.8 Å². The van der Waals surface area contributed by atoms with Crippen molar-refractivity contribution in [2.45, 2.75) is 111 Å². The molecular weight excluding hydrogens is 294 g/mol. The number of hydrogen-bond acceptors (Lipinski definition) is 2. The first kappa shape index (κ1) is 18.7. The lowest BCUT2D eigenvalue weighted by atomic mass is 9.51. The van der Waals surface area contributed by atoms with Gasteiger partial charge in [-0.05, 0) is 88.9 Å². The van der Waals surface area contributed by atoms with Crippen LogP contribution in [-0.2, 0) is 4.74 Å². The van der Waals surface area contributed by atoms with E-state index < -0.39 is 0 Å². The summed E-state index contributed by atoms with van der Waals surface area (Å²) in [4.78, 5) is 2.65. The SMILES string of the molecule is CC(C)(C)C12CCC(CC1)CC2.CC(C)(C)N1C2CCC1COC2. The molecular formula is C22H41NO. The molecule has 0 aromatic rings. The molecule has 24 heavy (non-hydrogen) atoms. The molecule has 2 heteroatoms. The third-order valence-electron chi connectivity index (χ3n) is 7.70. The molecule has 5 aliphatic rings. The number of rotatable bonds is 0. The van der Waals surface area contributed by atoms with E-state index in [0.717, 1.165) is 24.5 Å². The van der Waals surface area contributed by atoms with Gasteiger partial charge in [-0.3, -0.25) is 4.90 Å². The van der Waals surface area contributed by atoms with Gasteiger partial charge in [-0.25, -0.2) is 0 Å². The second-order valence-corrected chi connectivity index (χ2v) is 11.0. The van der Waals surface area contributed by atoms with Crippen molar-refractivity contribution in [3.05, 3.63) is 0 Å². The second kappa shape index (κ2) is 6.58. The number of fused-ring (bicyclic) bond motifs is 5. The first-order valence-electron chi connectivity index (χ1n) is 10.5. The van der Waals surface area contributed by atoms with Crippen molar-refractivity contribution < 1.29 is 4.74 Å². The largest absolute Gasteiger partial charge is 0.378 e. The smallest absolute Gasteiger partial charge is 0.0622 e. The highest BCUT2D eigenvalue weighted by molar-refractivity contribution is 4.98. The molecule has 2 saturated heterocycles. The molecule has 0 radical (unpaired) electrons. The molecule has 0 spiro atoms. The predicted molar refractivity (Wildman–Crippen MR) is 102 cm³/mol. The topological polar surface area (TPSA) is 12.5 Å². The Morgan fingerprint density at radius 1 is 0.750 bits per heavy atom. The van der Waals surface area contributed by atoms with Gasteiger partial charge in [0.05, 0.1) is 13.2 Å². The maximum atomic E-state index is 5.54. The van der Waals surface area contributed by atoms with Gasteiger partial charge < -0.3 is 4.74 Å². The quantitative estimate of drug-likeness (QED) is 0.567. The van der Waals surface area contributed by atoms with E-state index in [1.807, 2.05) is 0 Å². The van der Waals surface area contributed by atoms with E-state index in [9.17, 15) is 0 Å². The van der Waals surface area contributed by atoms with Gasteiger partial charge >= 0.3 is 0 Å². The molecule has 2 heterocycles. The van der Waals surface area contributed by atoms with E-state index in [4.69, 9.17) is 4.74 Å². The molecule has 2 nitrogen and oxygen atoms in total. The normalized spacial score (nSPS) is 39.5. The molecule has 0 N–H and O–H groups in total. The minimum atomic E-state index is 0.329. The average Bonchev–Trinajstić information content (AvgIpc) is 2.80. The monoisotopic (exact) mass is 335 g/mol. The van der Waals surface area contributed by atoms with Crippen molar-refractivity contribution in [2.24, 2.45) is 16.7 Å². The van der Waals surface area contributed by atoms with Gasteiger partial charge in [0.2, 0.25) is 0 Å². The third-order valence-corrected chi connectivity index (χ3v) is 7.70. The van der Waals surface area contributed by atoms with Crippen LogP contribution in [0.5, 0.6) is 0 Å². The van der Waals surface area contributed by atoms with Crippen molar-refractivity contribution in [1.82, 2.24) is 4.90 Å². The van der Waals surface area contributed by atoms with Crippen molar-refractivity contribution in [3.8, 4) is 0 Å². The van der Waals surface area contributed by atoms with Gasteiger partial charge in [0.15, 0.2) is 0 Å². The summed E-state index contributed by atoms with van der Waals surface area (Å²) in [7, 11) is 0. The van der Waals surface area contributed by atoms with Crippen LogP contribution in [0.2, 0.25) is 0 Å². The van der Waals surface area contributed by atoms with Crippen LogP contribution < -0.4 is 0 Å². The molecule has 2 aliphatic heterocycles. The lowest BCUT2D eigenvalue weighted by molar-refractivity contribution is -0.0565. The van der Waals surface area contributed by atoms with Crippen LogP contribution in [0.4, 0.5) is 0 Å². The Bertz CT molecular complexity index is 392. The van der Waals surface area contributed by atoms with E-state index in [1.165, 1.54) is 51.4 Å². The number of hydrogen-bond donors (Lipinski definition) is 0. The van der Waals surface area contributed by atoms with Gasteiger partial charge in [0.1, 0.15) is 0 Å². The first-order valence-corrected chi connectivity index (χ1v) is 10.5. The summed E-state index contributed by atoms with van der Waals surface area (Å²) in [6.45, 7) is 16.2. The van der Waals surface area contributed by atoms with Gasteiger partial charge in [0.25, 0.3) is 0 Å². The van der Waals surface area contributed by atoms with Crippen LogP contribution in [0.3, 0.4) is 0 Å². The van der Waals surface area contributed by atoms with Gasteiger partial charge in [-0.15, -0.1) is 0 Å². The van der Waals surface area contributed by atoms with Crippen molar-refractivity contribution in [1.29, 1.82) is 0 Å². The molecule has 4 bridgehead atoms. The molecule has 0 amide bonds. The Kier molecular flexibility index (Phi) is 5.13. The predicted octanol–water partition coefficient (Wildman–Crippen LogP) is 5.65. The minimum absolute atomic E-state index is 0.329. The Morgan fingerprint density at radius 3 is 1.50 bits per heavy atom. The zero-order chi connectivity index (χ0) is 17.6. The van der Waals surface area contributed by atoms with E-state index in [-0.39, 0.29) is 0 Å². The Hall–Kier alpha value is -0.0800. The zero-order valence-electron chi connectivity index (χ0n) is 17.2. The summed E-state index contributed by atoms with van der Waals surface area (Å²) in [6, 6.07) is 1.40. The van der Waals surface area contributed by atoms with Crippen molar-refractivity contribution in [2.75, 3.05) is 13.2 Å². The summed E-state index contributed by atoms with van der Waals surface area (Å²) < 4.78 is 5.54. The Morgan fingerprint density at radius 2 is 1.21 bits per heavy atom. The Labute approximate surface area is 150 Å². The fourth-order valence-corrected chi connectivity index (χ4v) is 6.10. The molecule has 140 valence electrons. The second-order valence-electron chi connectivity index (χ2n) is 11.0. The van der Waals surface area contributed by atoms with Gasteiger partial charge in [-0.2, -0.15) is 0 Å². The summed E-state index contributed by atoms with van der Waals surface area (Å²) in [5, 5.41) is 0. The molecule has 0 aromatic heterocycles. The Balaban J connectivity index is 0.000000141. The fourth-order valence-electron chi connectivity index (χ4n) is 6.10. The maximum Gasteiger partial charge on any atom is 0.0622 e. The van der Waals surface area contributed by atoms with E-state index in [0.29, 0.717) is 23.0 Å².